The van der Waals surface area contributed by atoms with Crippen molar-refractivity contribution in [3.63, 3.8) is 0 Å². The van der Waals surface area contributed by atoms with Gasteiger partial charge in [-0.05, 0) is 42.5 Å². The van der Waals surface area contributed by atoms with E-state index in [1.54, 1.807) is 42.5 Å². The molecule has 0 unspecified atom stereocenters. The first kappa shape index (κ1) is 17.3. The number of esters is 1. The lowest BCUT2D eigenvalue weighted by Gasteiger charge is -2.09. The molecule has 0 saturated carbocycles. The topological polar surface area (TPSA) is 71.1 Å². The summed E-state index contributed by atoms with van der Waals surface area (Å²) in [6, 6.07) is 11.2. The molecule has 0 aliphatic heterocycles. The quantitative estimate of drug-likeness (QED) is 0.574. The van der Waals surface area contributed by atoms with Gasteiger partial charge in [0.25, 0.3) is 0 Å². The van der Waals surface area contributed by atoms with Crippen molar-refractivity contribution >= 4 is 11.8 Å². The first-order valence-electron chi connectivity index (χ1n) is 7.15. The van der Waals surface area contributed by atoms with E-state index in [0.29, 0.717) is 28.4 Å². The van der Waals surface area contributed by atoms with Crippen LogP contribution < -0.4 is 14.2 Å². The van der Waals surface area contributed by atoms with Crippen LogP contribution in [0, 0.1) is 0 Å². The molecule has 0 N–H and O–H groups in total. The molecule has 24 heavy (non-hydrogen) atoms. The molecule has 0 aromatic heterocycles. The molecule has 0 atom stereocenters. The Kier molecular flexibility index (Phi) is 5.78. The van der Waals surface area contributed by atoms with Crippen LogP contribution in [-0.2, 0) is 4.74 Å². The van der Waals surface area contributed by atoms with Gasteiger partial charge in [0.2, 0.25) is 0 Å². The van der Waals surface area contributed by atoms with Gasteiger partial charge in [0, 0.05) is 5.56 Å². The molecule has 0 heterocycles. The van der Waals surface area contributed by atoms with E-state index >= 15 is 0 Å². The smallest absolute Gasteiger partial charge is 0.338 e. The molecule has 0 radical (unpaired) electrons. The summed E-state index contributed by atoms with van der Waals surface area (Å²) in [4.78, 5) is 24.1. The summed E-state index contributed by atoms with van der Waals surface area (Å²) in [6.45, 7) is -0.361. The normalized spacial score (nSPS) is 9.96. The zero-order chi connectivity index (χ0) is 17.5. The Morgan fingerprint density at radius 2 is 1.42 bits per heavy atom. The van der Waals surface area contributed by atoms with Gasteiger partial charge >= 0.3 is 5.97 Å². The summed E-state index contributed by atoms with van der Waals surface area (Å²) in [5.74, 6) is 0.673. The van der Waals surface area contributed by atoms with Gasteiger partial charge in [0.15, 0.2) is 23.9 Å². The second kappa shape index (κ2) is 8.01. The van der Waals surface area contributed by atoms with Crippen molar-refractivity contribution in [1.29, 1.82) is 0 Å². The third kappa shape index (κ3) is 4.04. The summed E-state index contributed by atoms with van der Waals surface area (Å²) in [5, 5.41) is 0. The van der Waals surface area contributed by atoms with E-state index in [1.807, 2.05) is 0 Å². The summed E-state index contributed by atoms with van der Waals surface area (Å²) in [5.41, 5.74) is 0.714. The van der Waals surface area contributed by atoms with Gasteiger partial charge in [-0.2, -0.15) is 0 Å². The van der Waals surface area contributed by atoms with E-state index in [2.05, 4.69) is 0 Å². The number of methoxy groups -OCH3 is 3. The molecule has 6 heteroatoms. The number of Topliss-reactive ketones (excluding diaryl/α,β-unsaturated/α-hetero) is 1. The largest absolute Gasteiger partial charge is 0.497 e. The Bertz CT molecular complexity index is 721. The van der Waals surface area contributed by atoms with Crippen molar-refractivity contribution in [3.05, 3.63) is 53.6 Å². The summed E-state index contributed by atoms with van der Waals surface area (Å²) in [6.07, 6.45) is 0. The Morgan fingerprint density at radius 3 is 2.00 bits per heavy atom. The van der Waals surface area contributed by atoms with Crippen LogP contribution in [0.4, 0.5) is 0 Å². The van der Waals surface area contributed by atoms with E-state index in [1.165, 1.54) is 21.3 Å². The van der Waals surface area contributed by atoms with Crippen LogP contribution in [0.1, 0.15) is 20.7 Å². The molecule has 0 bridgehead atoms. The molecule has 6 nitrogen and oxygen atoms in total. The summed E-state index contributed by atoms with van der Waals surface area (Å²) < 4.78 is 20.3. The predicted octanol–water partition coefficient (Wildman–Crippen LogP) is 2.75. The molecule has 2 rings (SSSR count). The van der Waals surface area contributed by atoms with Crippen molar-refractivity contribution in [2.45, 2.75) is 0 Å². The van der Waals surface area contributed by atoms with Gasteiger partial charge in [-0.15, -0.1) is 0 Å². The number of benzene rings is 2. The maximum absolute atomic E-state index is 12.2. The zero-order valence-corrected chi connectivity index (χ0v) is 13.7. The number of hydrogen-bond donors (Lipinski definition) is 0. The fourth-order valence-electron chi connectivity index (χ4n) is 2.03. The molecular formula is C18H18O6. The first-order chi connectivity index (χ1) is 11.6. The highest BCUT2D eigenvalue weighted by Gasteiger charge is 2.14. The number of hydrogen-bond acceptors (Lipinski definition) is 6. The molecule has 2 aromatic rings. The minimum atomic E-state index is -0.577. The van der Waals surface area contributed by atoms with Crippen LogP contribution in [0.15, 0.2) is 42.5 Å². The van der Waals surface area contributed by atoms with Gasteiger partial charge in [-0.3, -0.25) is 4.79 Å². The second-order valence-corrected chi connectivity index (χ2v) is 4.80. The monoisotopic (exact) mass is 330 g/mol. The minimum Gasteiger partial charge on any atom is -0.497 e. The van der Waals surface area contributed by atoms with Crippen LogP contribution in [0.3, 0.4) is 0 Å². The maximum atomic E-state index is 12.2. The van der Waals surface area contributed by atoms with Crippen LogP contribution in [0.2, 0.25) is 0 Å². The average molecular weight is 330 g/mol. The van der Waals surface area contributed by atoms with Gasteiger partial charge in [-0.25, -0.2) is 4.79 Å². The van der Waals surface area contributed by atoms with Gasteiger partial charge < -0.3 is 18.9 Å². The summed E-state index contributed by atoms with van der Waals surface area (Å²) in [7, 11) is 4.53. The molecule has 126 valence electrons. The van der Waals surface area contributed by atoms with Gasteiger partial charge in [0.05, 0.1) is 26.9 Å². The number of ketones is 1. The highest BCUT2D eigenvalue weighted by atomic mass is 16.5. The average Bonchev–Trinajstić information content (AvgIpc) is 2.65. The lowest BCUT2D eigenvalue weighted by molar-refractivity contribution is 0.0474. The third-order valence-corrected chi connectivity index (χ3v) is 3.37. The SMILES string of the molecule is COc1ccc(C(=O)OCC(=O)c2ccc(OC)c(OC)c2)cc1. The van der Waals surface area contributed by atoms with E-state index in [4.69, 9.17) is 18.9 Å². The fourth-order valence-corrected chi connectivity index (χ4v) is 2.03. The fraction of sp³-hybridized carbons (Fsp3) is 0.222. The molecule has 0 aliphatic rings. The van der Waals surface area contributed by atoms with Crippen LogP contribution in [-0.4, -0.2) is 39.7 Å². The van der Waals surface area contributed by atoms with E-state index in [9.17, 15) is 9.59 Å². The Morgan fingerprint density at radius 1 is 0.792 bits per heavy atom. The molecule has 0 aliphatic carbocycles. The molecule has 0 spiro atoms. The van der Waals surface area contributed by atoms with Crippen LogP contribution in [0.5, 0.6) is 17.2 Å². The molecule has 0 saturated heterocycles. The van der Waals surface area contributed by atoms with Crippen molar-refractivity contribution < 1.29 is 28.5 Å². The Labute approximate surface area is 139 Å². The Balaban J connectivity index is 2.00. The van der Waals surface area contributed by atoms with Crippen molar-refractivity contribution in [2.24, 2.45) is 0 Å². The van der Waals surface area contributed by atoms with Crippen LogP contribution in [0.25, 0.3) is 0 Å². The highest BCUT2D eigenvalue weighted by Crippen LogP contribution is 2.27. The minimum absolute atomic E-state index is 0.335. The highest BCUT2D eigenvalue weighted by molar-refractivity contribution is 5.99. The van der Waals surface area contributed by atoms with Gasteiger partial charge in [0.1, 0.15) is 5.75 Å². The number of rotatable bonds is 7. The molecular weight excluding hydrogens is 312 g/mol. The molecule has 0 fully saturated rings. The van der Waals surface area contributed by atoms with E-state index in [-0.39, 0.29) is 12.4 Å². The van der Waals surface area contributed by atoms with Crippen molar-refractivity contribution in [3.8, 4) is 17.2 Å². The Hall–Kier alpha value is -3.02. The van der Waals surface area contributed by atoms with Gasteiger partial charge in [-0.1, -0.05) is 0 Å². The lowest BCUT2D eigenvalue weighted by Crippen LogP contribution is -2.14. The van der Waals surface area contributed by atoms with E-state index < -0.39 is 5.97 Å². The zero-order valence-electron chi connectivity index (χ0n) is 13.7. The van der Waals surface area contributed by atoms with Crippen LogP contribution >= 0.6 is 0 Å². The number of carbonyl (C=O) groups excluding carboxylic acids is 2. The molecule has 0 amide bonds. The molecule has 2 aromatic carbocycles. The standard InChI is InChI=1S/C18H18O6/c1-21-14-7-4-12(5-8-14)18(20)24-11-15(19)13-6-9-16(22-2)17(10-13)23-3/h4-10H,11H2,1-3H3. The van der Waals surface area contributed by atoms with E-state index in [0.717, 1.165) is 0 Å². The van der Waals surface area contributed by atoms with Crippen molar-refractivity contribution in [2.75, 3.05) is 27.9 Å². The number of ether oxygens (including phenoxy) is 4. The first-order valence-corrected chi connectivity index (χ1v) is 7.15. The predicted molar refractivity (Wildman–Crippen MR) is 87.2 cm³/mol. The second-order valence-electron chi connectivity index (χ2n) is 4.80. The van der Waals surface area contributed by atoms with Crippen molar-refractivity contribution in [1.82, 2.24) is 0 Å². The number of carbonyl (C=O) groups is 2. The maximum Gasteiger partial charge on any atom is 0.338 e. The summed E-state index contributed by atoms with van der Waals surface area (Å²) >= 11 is 0. The third-order valence-electron chi connectivity index (χ3n) is 3.37. The lowest BCUT2D eigenvalue weighted by atomic mass is 10.1.